The van der Waals surface area contributed by atoms with E-state index in [9.17, 15) is 4.21 Å². The van der Waals surface area contributed by atoms with Crippen LogP contribution in [0.3, 0.4) is 0 Å². The highest BCUT2D eigenvalue weighted by Crippen LogP contribution is 2.23. The van der Waals surface area contributed by atoms with Crippen LogP contribution in [0.1, 0.15) is 39.5 Å². The fourth-order valence-electron chi connectivity index (χ4n) is 3.26. The van der Waals surface area contributed by atoms with Crippen LogP contribution in [0.25, 0.3) is 0 Å². The van der Waals surface area contributed by atoms with Gasteiger partial charge in [-0.2, -0.15) is 0 Å². The van der Waals surface area contributed by atoms with Crippen molar-refractivity contribution >= 4 is 40.7 Å². The highest BCUT2D eigenvalue weighted by molar-refractivity contribution is 14.0. The van der Waals surface area contributed by atoms with Crippen LogP contribution in [0.2, 0.25) is 0 Å². The largest absolute Gasteiger partial charge is 0.497 e. The van der Waals surface area contributed by atoms with Crippen molar-refractivity contribution in [1.82, 2.24) is 10.6 Å². The number of methoxy groups -OCH3 is 1. The summed E-state index contributed by atoms with van der Waals surface area (Å²) in [7, 11) is 0.935. The minimum Gasteiger partial charge on any atom is -0.497 e. The van der Waals surface area contributed by atoms with E-state index in [1.165, 1.54) is 0 Å². The number of guanidine groups is 1. The molecule has 0 aromatic heterocycles. The smallest absolute Gasteiger partial charge is 0.191 e. The van der Waals surface area contributed by atoms with Crippen molar-refractivity contribution in [2.45, 2.75) is 50.8 Å². The quantitative estimate of drug-likeness (QED) is 0.225. The van der Waals surface area contributed by atoms with Crippen molar-refractivity contribution < 1.29 is 13.7 Å². The van der Waals surface area contributed by atoms with E-state index in [2.05, 4.69) is 22.5 Å². The van der Waals surface area contributed by atoms with Gasteiger partial charge in [0.2, 0.25) is 0 Å². The zero-order valence-corrected chi connectivity index (χ0v) is 20.3. The molecule has 1 saturated carbocycles. The summed E-state index contributed by atoms with van der Waals surface area (Å²) in [5.41, 5.74) is 0. The molecule has 0 bridgehead atoms. The third-order valence-electron chi connectivity index (χ3n) is 4.66. The molecular formula is C20H34IN3O3S. The topological polar surface area (TPSA) is 72.0 Å². The number of halogens is 1. The minimum absolute atomic E-state index is 0. The molecule has 28 heavy (non-hydrogen) atoms. The molecule has 0 radical (unpaired) electrons. The van der Waals surface area contributed by atoms with Gasteiger partial charge in [-0.25, -0.2) is 4.99 Å². The second-order valence-electron chi connectivity index (χ2n) is 6.58. The number of benzene rings is 1. The van der Waals surface area contributed by atoms with E-state index in [0.717, 1.165) is 55.4 Å². The van der Waals surface area contributed by atoms with Crippen molar-refractivity contribution in [2.75, 3.05) is 32.6 Å². The lowest BCUT2D eigenvalue weighted by Crippen LogP contribution is -2.46. The number of hydrogen-bond donors (Lipinski definition) is 2. The van der Waals surface area contributed by atoms with Gasteiger partial charge < -0.3 is 20.1 Å². The van der Waals surface area contributed by atoms with E-state index in [1.807, 2.05) is 31.2 Å². The molecule has 1 fully saturated rings. The van der Waals surface area contributed by atoms with Gasteiger partial charge in [0.1, 0.15) is 18.1 Å². The molecule has 1 aromatic rings. The maximum Gasteiger partial charge on any atom is 0.191 e. The predicted molar refractivity (Wildman–Crippen MR) is 128 cm³/mol. The average molecular weight is 523 g/mol. The van der Waals surface area contributed by atoms with Gasteiger partial charge in [-0.1, -0.05) is 13.3 Å². The Morgan fingerprint density at radius 3 is 2.57 bits per heavy atom. The fourth-order valence-corrected chi connectivity index (χ4v) is 4.60. The van der Waals surface area contributed by atoms with E-state index in [1.54, 1.807) is 7.11 Å². The highest BCUT2D eigenvalue weighted by atomic mass is 127. The Morgan fingerprint density at radius 1 is 1.21 bits per heavy atom. The Kier molecular flexibility index (Phi) is 12.5. The Bertz CT molecular complexity index is 613. The van der Waals surface area contributed by atoms with E-state index >= 15 is 0 Å². The summed E-state index contributed by atoms with van der Waals surface area (Å²) in [5, 5.41) is 7.11. The predicted octanol–water partition coefficient (Wildman–Crippen LogP) is 3.33. The second-order valence-corrected chi connectivity index (χ2v) is 8.59. The molecule has 0 saturated heterocycles. The second kappa shape index (κ2) is 14.0. The van der Waals surface area contributed by atoms with Crippen LogP contribution >= 0.6 is 24.0 Å². The minimum atomic E-state index is -0.712. The molecule has 0 amide bonds. The highest BCUT2D eigenvalue weighted by Gasteiger charge is 2.25. The summed E-state index contributed by atoms with van der Waals surface area (Å²) >= 11 is 0. The van der Waals surface area contributed by atoms with Gasteiger partial charge in [0, 0.05) is 34.4 Å². The van der Waals surface area contributed by atoms with Gasteiger partial charge in [0.25, 0.3) is 0 Å². The van der Waals surface area contributed by atoms with Crippen molar-refractivity contribution in [3.05, 3.63) is 24.3 Å². The van der Waals surface area contributed by atoms with Crippen LogP contribution in [0.15, 0.2) is 29.3 Å². The van der Waals surface area contributed by atoms with Crippen molar-refractivity contribution in [2.24, 2.45) is 4.99 Å². The molecule has 0 heterocycles. The Morgan fingerprint density at radius 2 is 1.93 bits per heavy atom. The normalized spacial score (nSPS) is 20.6. The van der Waals surface area contributed by atoms with E-state index in [4.69, 9.17) is 9.47 Å². The molecule has 1 aliphatic carbocycles. The van der Waals surface area contributed by atoms with E-state index in [-0.39, 0.29) is 24.0 Å². The summed E-state index contributed by atoms with van der Waals surface area (Å²) in [6.45, 7) is 5.94. The lowest BCUT2D eigenvalue weighted by atomic mass is 9.95. The Hall–Kier alpha value is -1.03. The van der Waals surface area contributed by atoms with Crippen LogP contribution in [0, 0.1) is 0 Å². The monoisotopic (exact) mass is 523 g/mol. The van der Waals surface area contributed by atoms with E-state index in [0.29, 0.717) is 24.4 Å². The first-order chi connectivity index (χ1) is 13.2. The van der Waals surface area contributed by atoms with Gasteiger partial charge >= 0.3 is 0 Å². The summed E-state index contributed by atoms with van der Waals surface area (Å²) in [4.78, 5) is 4.62. The molecule has 0 spiro atoms. The molecule has 1 aliphatic rings. The van der Waals surface area contributed by atoms with Gasteiger partial charge in [0.05, 0.1) is 13.7 Å². The number of rotatable bonds is 9. The van der Waals surface area contributed by atoms with Crippen molar-refractivity contribution in [3.63, 3.8) is 0 Å². The van der Waals surface area contributed by atoms with Crippen LogP contribution < -0.4 is 20.1 Å². The van der Waals surface area contributed by atoms with Gasteiger partial charge in [-0.3, -0.25) is 4.21 Å². The van der Waals surface area contributed by atoms with Crippen LogP contribution in [0.4, 0.5) is 0 Å². The van der Waals surface area contributed by atoms with Crippen molar-refractivity contribution in [1.29, 1.82) is 0 Å². The number of aliphatic imine (C=N–C) groups is 1. The molecule has 160 valence electrons. The molecule has 6 nitrogen and oxygen atoms in total. The SMILES string of the molecule is CCNC(=NCCOc1ccc(OC)cc1)NC1CCCC(S(=O)CC)C1.I. The van der Waals surface area contributed by atoms with Crippen LogP contribution in [-0.2, 0) is 10.8 Å². The Balaban J connectivity index is 0.00000392. The third kappa shape index (κ3) is 8.55. The molecule has 3 atom stereocenters. The maximum absolute atomic E-state index is 12.1. The maximum atomic E-state index is 12.1. The van der Waals surface area contributed by atoms with Gasteiger partial charge in [-0.15, -0.1) is 24.0 Å². The van der Waals surface area contributed by atoms with E-state index < -0.39 is 10.8 Å². The summed E-state index contributed by atoms with van der Waals surface area (Å²) in [5.74, 6) is 3.17. The molecule has 8 heteroatoms. The zero-order chi connectivity index (χ0) is 19.5. The number of ether oxygens (including phenoxy) is 2. The lowest BCUT2D eigenvalue weighted by Gasteiger charge is -2.30. The number of nitrogens with one attached hydrogen (secondary N) is 2. The van der Waals surface area contributed by atoms with Gasteiger partial charge in [-0.05, 0) is 50.5 Å². The van der Waals surface area contributed by atoms with Crippen molar-refractivity contribution in [3.8, 4) is 11.5 Å². The zero-order valence-electron chi connectivity index (χ0n) is 17.1. The van der Waals surface area contributed by atoms with Crippen LogP contribution in [-0.4, -0.2) is 54.0 Å². The first-order valence-corrected chi connectivity index (χ1v) is 11.2. The molecule has 2 N–H and O–H groups in total. The third-order valence-corrected chi connectivity index (χ3v) is 6.40. The molecule has 0 aliphatic heterocycles. The first-order valence-electron chi connectivity index (χ1n) is 9.85. The fraction of sp³-hybridized carbons (Fsp3) is 0.650. The molecule has 1 aromatic carbocycles. The summed E-state index contributed by atoms with van der Waals surface area (Å²) in [6.07, 6.45) is 4.24. The average Bonchev–Trinajstić information content (AvgIpc) is 2.71. The molecule has 2 rings (SSSR count). The summed E-state index contributed by atoms with van der Waals surface area (Å²) < 4.78 is 23.0. The summed E-state index contributed by atoms with van der Waals surface area (Å²) in [6, 6.07) is 7.87. The van der Waals surface area contributed by atoms with Gasteiger partial charge in [0.15, 0.2) is 5.96 Å². The number of hydrogen-bond acceptors (Lipinski definition) is 4. The molecule has 3 unspecified atom stereocenters. The first kappa shape index (κ1) is 25.0. The molecular weight excluding hydrogens is 489 g/mol. The standard InChI is InChI=1S/C20H33N3O3S.HI/c1-4-21-20(23-16-7-6-8-19(15-16)27(24)5-2)22-13-14-26-18-11-9-17(25-3)10-12-18;/h9-12,16,19H,4-8,13-15H2,1-3H3,(H2,21,22,23);1H. The number of nitrogens with zero attached hydrogens (tertiary/aromatic N) is 1. The lowest BCUT2D eigenvalue weighted by molar-refractivity contribution is 0.327. The Labute approximate surface area is 188 Å². The van der Waals surface area contributed by atoms with Crippen LogP contribution in [0.5, 0.6) is 11.5 Å².